The van der Waals surface area contributed by atoms with Crippen molar-refractivity contribution >= 4 is 47.0 Å². The molecular weight excluding hydrogens is 490 g/mol. The molecule has 1 aromatic heterocycles. The van der Waals surface area contributed by atoms with Gasteiger partial charge in [0.25, 0.3) is 20.1 Å². The van der Waals surface area contributed by atoms with E-state index in [9.17, 15) is 16.8 Å². The summed E-state index contributed by atoms with van der Waals surface area (Å²) in [5.74, 6) is 0. The first-order valence-electron chi connectivity index (χ1n) is 9.54. The zero-order chi connectivity index (χ0) is 21.9. The fraction of sp³-hybridized carbons (Fsp3) is 0.333. The second kappa shape index (κ2) is 9.21. The highest BCUT2D eigenvalue weighted by molar-refractivity contribution is 9.10. The molecule has 0 unspecified atom stereocenters. The predicted octanol–water partition coefficient (Wildman–Crippen LogP) is 4.64. The molecule has 0 N–H and O–H groups in total. The summed E-state index contributed by atoms with van der Waals surface area (Å²) in [5.41, 5.74) is 2.57. The van der Waals surface area contributed by atoms with Crippen LogP contribution in [0.5, 0.6) is 0 Å². The summed E-state index contributed by atoms with van der Waals surface area (Å²) in [6, 6.07) is 12.4. The van der Waals surface area contributed by atoms with Crippen LogP contribution in [0.25, 0.3) is 10.9 Å². The number of aryl methyl sites for hydroxylation is 2. The second-order valence-corrected chi connectivity index (χ2v) is 11.6. The van der Waals surface area contributed by atoms with Gasteiger partial charge in [-0.3, -0.25) is 4.18 Å². The van der Waals surface area contributed by atoms with Crippen molar-refractivity contribution < 1.29 is 21.0 Å². The Morgan fingerprint density at radius 3 is 2.33 bits per heavy atom. The average Bonchev–Trinajstić information content (AvgIpc) is 3.02. The van der Waals surface area contributed by atoms with Crippen LogP contribution in [0, 0.1) is 6.92 Å². The van der Waals surface area contributed by atoms with Crippen molar-refractivity contribution in [1.29, 1.82) is 0 Å². The SMILES string of the molecule is Cc1ccc(S(=O)(=O)n2cc(CCCCCOS(C)(=O)=O)c3cc(Br)ccc32)cc1. The van der Waals surface area contributed by atoms with Gasteiger partial charge in [-0.05, 0) is 62.1 Å². The maximum absolute atomic E-state index is 13.2. The van der Waals surface area contributed by atoms with Crippen LogP contribution >= 0.6 is 15.9 Å². The van der Waals surface area contributed by atoms with E-state index in [-0.39, 0.29) is 11.5 Å². The van der Waals surface area contributed by atoms with E-state index >= 15 is 0 Å². The highest BCUT2D eigenvalue weighted by Crippen LogP contribution is 2.29. The number of aromatic nitrogens is 1. The Morgan fingerprint density at radius 2 is 1.67 bits per heavy atom. The van der Waals surface area contributed by atoms with E-state index < -0.39 is 20.1 Å². The van der Waals surface area contributed by atoms with Crippen molar-refractivity contribution in [2.45, 2.75) is 37.5 Å². The number of halogens is 1. The molecule has 0 saturated heterocycles. The Bertz CT molecular complexity index is 1250. The van der Waals surface area contributed by atoms with E-state index in [0.717, 1.165) is 40.1 Å². The number of nitrogens with zero attached hydrogens (tertiary/aromatic N) is 1. The van der Waals surface area contributed by atoms with Gasteiger partial charge in [-0.15, -0.1) is 0 Å². The summed E-state index contributed by atoms with van der Waals surface area (Å²) in [4.78, 5) is 0.248. The van der Waals surface area contributed by atoms with Gasteiger partial charge in [0.2, 0.25) is 0 Å². The molecule has 0 bridgehead atoms. The van der Waals surface area contributed by atoms with Crippen LogP contribution in [-0.2, 0) is 30.7 Å². The van der Waals surface area contributed by atoms with Crippen molar-refractivity contribution in [3.63, 3.8) is 0 Å². The minimum Gasteiger partial charge on any atom is -0.270 e. The fourth-order valence-corrected chi connectivity index (χ4v) is 5.44. The maximum Gasteiger partial charge on any atom is 0.268 e. The summed E-state index contributed by atoms with van der Waals surface area (Å²) in [6.07, 6.45) is 5.61. The highest BCUT2D eigenvalue weighted by Gasteiger charge is 2.21. The van der Waals surface area contributed by atoms with Crippen molar-refractivity contribution in [2.24, 2.45) is 0 Å². The first-order valence-corrected chi connectivity index (χ1v) is 13.6. The van der Waals surface area contributed by atoms with Gasteiger partial charge in [-0.2, -0.15) is 8.42 Å². The molecule has 0 aliphatic heterocycles. The van der Waals surface area contributed by atoms with Crippen molar-refractivity contribution in [3.8, 4) is 0 Å². The number of hydrogen-bond donors (Lipinski definition) is 0. The summed E-state index contributed by atoms with van der Waals surface area (Å²) in [5, 5.41) is 0.882. The highest BCUT2D eigenvalue weighted by atomic mass is 79.9. The van der Waals surface area contributed by atoms with Crippen LogP contribution in [0.15, 0.2) is 58.0 Å². The van der Waals surface area contributed by atoms with Crippen LogP contribution in [0.1, 0.15) is 30.4 Å². The van der Waals surface area contributed by atoms with Crippen molar-refractivity contribution in [2.75, 3.05) is 12.9 Å². The largest absolute Gasteiger partial charge is 0.270 e. The average molecular weight is 514 g/mol. The molecule has 0 aliphatic carbocycles. The number of benzene rings is 2. The molecule has 0 saturated carbocycles. The van der Waals surface area contributed by atoms with Gasteiger partial charge in [0.05, 0.1) is 23.3 Å². The topological polar surface area (TPSA) is 82.4 Å². The van der Waals surface area contributed by atoms with Crippen LogP contribution in [-0.4, -0.2) is 33.7 Å². The molecule has 3 aromatic rings. The first-order chi connectivity index (χ1) is 14.1. The van der Waals surface area contributed by atoms with E-state index in [0.29, 0.717) is 18.4 Å². The molecular formula is C21H24BrNO5S2. The Labute approximate surface area is 186 Å². The lowest BCUT2D eigenvalue weighted by Crippen LogP contribution is -2.11. The smallest absolute Gasteiger partial charge is 0.268 e. The molecule has 0 fully saturated rings. The molecule has 1 heterocycles. The van der Waals surface area contributed by atoms with Crippen molar-refractivity contribution in [1.82, 2.24) is 3.97 Å². The summed E-state index contributed by atoms with van der Waals surface area (Å²) in [7, 11) is -7.13. The lowest BCUT2D eigenvalue weighted by atomic mass is 10.1. The third kappa shape index (κ3) is 5.51. The minimum absolute atomic E-state index is 0.161. The third-order valence-corrected chi connectivity index (χ3v) is 7.56. The number of rotatable bonds is 9. The summed E-state index contributed by atoms with van der Waals surface area (Å²) in [6.45, 7) is 2.08. The quantitative estimate of drug-likeness (QED) is 0.307. The van der Waals surface area contributed by atoms with E-state index in [4.69, 9.17) is 4.18 Å². The molecule has 0 amide bonds. The van der Waals surface area contributed by atoms with Crippen LogP contribution < -0.4 is 0 Å². The molecule has 30 heavy (non-hydrogen) atoms. The van der Waals surface area contributed by atoms with Gasteiger partial charge in [0, 0.05) is 16.1 Å². The Kier molecular flexibility index (Phi) is 7.06. The Balaban J connectivity index is 1.84. The summed E-state index contributed by atoms with van der Waals surface area (Å²) >= 11 is 3.47. The lowest BCUT2D eigenvalue weighted by molar-refractivity contribution is 0.310. The zero-order valence-corrected chi connectivity index (χ0v) is 20.1. The van der Waals surface area contributed by atoms with E-state index in [2.05, 4.69) is 15.9 Å². The van der Waals surface area contributed by atoms with Gasteiger partial charge >= 0.3 is 0 Å². The Morgan fingerprint density at radius 1 is 0.967 bits per heavy atom. The monoisotopic (exact) mass is 513 g/mol. The molecule has 0 atom stereocenters. The molecule has 0 aliphatic rings. The summed E-state index contributed by atoms with van der Waals surface area (Å²) < 4.78 is 55.5. The first kappa shape index (κ1) is 23.0. The molecule has 9 heteroatoms. The molecule has 6 nitrogen and oxygen atoms in total. The van der Waals surface area contributed by atoms with Gasteiger partial charge in [0.1, 0.15) is 0 Å². The van der Waals surface area contributed by atoms with Crippen LogP contribution in [0.4, 0.5) is 0 Å². The fourth-order valence-electron chi connectivity index (χ4n) is 3.26. The van der Waals surface area contributed by atoms with E-state index in [1.54, 1.807) is 36.5 Å². The third-order valence-electron chi connectivity index (χ3n) is 4.78. The molecule has 162 valence electrons. The molecule has 0 spiro atoms. The molecule has 0 radical (unpaired) electrons. The Hall–Kier alpha value is -1.68. The second-order valence-electron chi connectivity index (χ2n) is 7.27. The molecule has 2 aromatic carbocycles. The van der Waals surface area contributed by atoms with Gasteiger partial charge in [-0.1, -0.05) is 40.0 Å². The van der Waals surface area contributed by atoms with Crippen molar-refractivity contribution in [3.05, 3.63) is 64.3 Å². The van der Waals surface area contributed by atoms with Gasteiger partial charge in [0.15, 0.2) is 0 Å². The van der Waals surface area contributed by atoms with Gasteiger partial charge in [-0.25, -0.2) is 12.4 Å². The number of fused-ring (bicyclic) bond motifs is 1. The zero-order valence-electron chi connectivity index (χ0n) is 16.8. The van der Waals surface area contributed by atoms with E-state index in [1.807, 2.05) is 19.1 Å². The maximum atomic E-state index is 13.2. The van der Waals surface area contributed by atoms with E-state index in [1.165, 1.54) is 3.97 Å². The van der Waals surface area contributed by atoms with Gasteiger partial charge < -0.3 is 0 Å². The van der Waals surface area contributed by atoms with Crippen LogP contribution in [0.3, 0.4) is 0 Å². The lowest BCUT2D eigenvalue weighted by Gasteiger charge is -2.08. The predicted molar refractivity (Wildman–Crippen MR) is 122 cm³/mol. The van der Waals surface area contributed by atoms with Crippen LogP contribution in [0.2, 0.25) is 0 Å². The minimum atomic E-state index is -3.72. The standard InChI is InChI=1S/C21H24BrNO5S2/c1-16-7-10-19(11-8-16)30(26,27)23-15-17(20-14-18(22)9-12-21(20)23)6-4-3-5-13-28-29(2,24)25/h7-12,14-15H,3-6,13H2,1-2H3. The normalized spacial score (nSPS) is 12.5. The molecule has 3 rings (SSSR count). The number of hydrogen-bond acceptors (Lipinski definition) is 5. The number of unbranched alkanes of at least 4 members (excludes halogenated alkanes) is 2.